The van der Waals surface area contributed by atoms with Gasteiger partial charge in [-0.25, -0.2) is 4.98 Å². The average Bonchev–Trinajstić information content (AvgIpc) is 3.10. The standard InChI is InChI=1S/C19H19N3OS.BrH/c1-14(12-15-6-4-3-5-7-15)21-22-19-20-18(13-24-19)16-8-10-17(23-2)11-9-16;/h3-11,13H,12H2,1-2H3,(H,20,22);1H/b21-14-;. The molecule has 0 aliphatic rings. The highest BCUT2D eigenvalue weighted by molar-refractivity contribution is 8.93. The minimum atomic E-state index is 0. The van der Waals surface area contributed by atoms with E-state index in [1.807, 2.05) is 54.8 Å². The summed E-state index contributed by atoms with van der Waals surface area (Å²) >= 11 is 1.54. The molecule has 6 heteroatoms. The molecule has 0 aliphatic heterocycles. The van der Waals surface area contributed by atoms with E-state index in [1.165, 1.54) is 5.56 Å². The van der Waals surface area contributed by atoms with Crippen molar-refractivity contribution in [2.24, 2.45) is 5.10 Å². The molecule has 0 unspecified atom stereocenters. The normalized spacial score (nSPS) is 10.9. The molecule has 1 heterocycles. The van der Waals surface area contributed by atoms with E-state index in [0.717, 1.165) is 34.3 Å². The van der Waals surface area contributed by atoms with Crippen LogP contribution in [-0.2, 0) is 6.42 Å². The molecule has 1 N–H and O–H groups in total. The number of thiazole rings is 1. The summed E-state index contributed by atoms with van der Waals surface area (Å²) in [5, 5.41) is 7.22. The van der Waals surface area contributed by atoms with E-state index in [-0.39, 0.29) is 17.0 Å². The smallest absolute Gasteiger partial charge is 0.203 e. The van der Waals surface area contributed by atoms with Crippen molar-refractivity contribution in [2.45, 2.75) is 13.3 Å². The number of halogens is 1. The molecule has 3 aromatic rings. The van der Waals surface area contributed by atoms with E-state index in [4.69, 9.17) is 4.74 Å². The first-order valence-electron chi connectivity index (χ1n) is 7.67. The highest BCUT2D eigenvalue weighted by atomic mass is 79.9. The van der Waals surface area contributed by atoms with Crippen molar-refractivity contribution in [3.63, 3.8) is 0 Å². The lowest BCUT2D eigenvalue weighted by atomic mass is 10.1. The Morgan fingerprint density at radius 1 is 1.12 bits per heavy atom. The molecule has 0 saturated carbocycles. The van der Waals surface area contributed by atoms with E-state index >= 15 is 0 Å². The van der Waals surface area contributed by atoms with Crippen LogP contribution in [-0.4, -0.2) is 17.8 Å². The first kappa shape index (κ1) is 19.1. The van der Waals surface area contributed by atoms with Crippen LogP contribution in [0.3, 0.4) is 0 Å². The molecule has 0 radical (unpaired) electrons. The predicted molar refractivity (Wildman–Crippen MR) is 111 cm³/mol. The van der Waals surface area contributed by atoms with Crippen LogP contribution in [0.15, 0.2) is 65.1 Å². The maximum Gasteiger partial charge on any atom is 0.203 e. The molecule has 25 heavy (non-hydrogen) atoms. The minimum Gasteiger partial charge on any atom is -0.497 e. The zero-order valence-electron chi connectivity index (χ0n) is 14.1. The van der Waals surface area contributed by atoms with Crippen molar-refractivity contribution in [1.82, 2.24) is 4.98 Å². The van der Waals surface area contributed by atoms with Gasteiger partial charge in [0.2, 0.25) is 5.13 Å². The van der Waals surface area contributed by atoms with Crippen LogP contribution in [0.25, 0.3) is 11.3 Å². The van der Waals surface area contributed by atoms with E-state index in [2.05, 4.69) is 27.6 Å². The lowest BCUT2D eigenvalue weighted by molar-refractivity contribution is 0.415. The Bertz CT molecular complexity index is 816. The molecular weight excluding hydrogens is 398 g/mol. The summed E-state index contributed by atoms with van der Waals surface area (Å²) < 4.78 is 5.18. The molecule has 2 aromatic carbocycles. The second-order valence-electron chi connectivity index (χ2n) is 5.39. The Kier molecular flexibility index (Phi) is 7.16. The van der Waals surface area contributed by atoms with Gasteiger partial charge in [0.15, 0.2) is 0 Å². The highest BCUT2D eigenvalue weighted by Gasteiger charge is 2.04. The molecule has 0 atom stereocenters. The molecule has 3 rings (SSSR count). The third kappa shape index (κ3) is 5.41. The summed E-state index contributed by atoms with van der Waals surface area (Å²) in [6.45, 7) is 2.01. The van der Waals surface area contributed by atoms with Crippen molar-refractivity contribution in [1.29, 1.82) is 0 Å². The topological polar surface area (TPSA) is 46.5 Å². The quantitative estimate of drug-likeness (QED) is 0.429. The van der Waals surface area contributed by atoms with Crippen molar-refractivity contribution >= 4 is 39.2 Å². The van der Waals surface area contributed by atoms with Crippen molar-refractivity contribution in [3.05, 3.63) is 65.5 Å². The second-order valence-corrected chi connectivity index (χ2v) is 6.25. The van der Waals surface area contributed by atoms with Gasteiger partial charge >= 0.3 is 0 Å². The van der Waals surface area contributed by atoms with Crippen LogP contribution < -0.4 is 10.2 Å². The summed E-state index contributed by atoms with van der Waals surface area (Å²) in [5.41, 5.74) is 7.30. The number of methoxy groups -OCH3 is 1. The number of nitrogens with one attached hydrogen (secondary N) is 1. The molecule has 0 spiro atoms. The van der Waals surface area contributed by atoms with Crippen molar-refractivity contribution in [3.8, 4) is 17.0 Å². The largest absolute Gasteiger partial charge is 0.497 e. The summed E-state index contributed by atoms with van der Waals surface area (Å²) in [6, 6.07) is 18.2. The van der Waals surface area contributed by atoms with Gasteiger partial charge in [-0.3, -0.25) is 5.43 Å². The first-order chi connectivity index (χ1) is 11.7. The minimum absolute atomic E-state index is 0. The average molecular weight is 418 g/mol. The number of hydrogen-bond acceptors (Lipinski definition) is 5. The van der Waals surface area contributed by atoms with E-state index in [9.17, 15) is 0 Å². The summed E-state index contributed by atoms with van der Waals surface area (Å²) in [6.07, 6.45) is 0.824. The van der Waals surface area contributed by atoms with Gasteiger partial charge in [-0.05, 0) is 36.8 Å². The van der Waals surface area contributed by atoms with E-state index < -0.39 is 0 Å². The summed E-state index contributed by atoms with van der Waals surface area (Å²) in [7, 11) is 1.66. The maximum atomic E-state index is 5.18. The molecule has 1 aromatic heterocycles. The fourth-order valence-electron chi connectivity index (χ4n) is 2.29. The predicted octanol–water partition coefficient (Wildman–Crippen LogP) is 5.43. The fourth-order valence-corrected chi connectivity index (χ4v) is 2.95. The second kappa shape index (κ2) is 9.34. The monoisotopic (exact) mass is 417 g/mol. The van der Waals surface area contributed by atoms with Crippen LogP contribution in [0.5, 0.6) is 5.75 Å². The summed E-state index contributed by atoms with van der Waals surface area (Å²) in [5.74, 6) is 0.841. The Morgan fingerprint density at radius 2 is 1.84 bits per heavy atom. The number of ether oxygens (including phenoxy) is 1. The summed E-state index contributed by atoms with van der Waals surface area (Å²) in [4.78, 5) is 4.57. The molecular formula is C19H20BrN3OS. The van der Waals surface area contributed by atoms with Crippen LogP contribution >= 0.6 is 28.3 Å². The van der Waals surface area contributed by atoms with Gasteiger partial charge in [-0.1, -0.05) is 30.3 Å². The van der Waals surface area contributed by atoms with Gasteiger partial charge in [0.25, 0.3) is 0 Å². The molecule has 0 saturated heterocycles. The van der Waals surface area contributed by atoms with Gasteiger partial charge in [-0.2, -0.15) is 5.10 Å². The van der Waals surface area contributed by atoms with Gasteiger partial charge in [0.1, 0.15) is 5.75 Å². The molecule has 0 bridgehead atoms. The zero-order valence-corrected chi connectivity index (χ0v) is 16.6. The Labute approximate surface area is 162 Å². The third-order valence-corrected chi connectivity index (χ3v) is 4.28. The number of rotatable bonds is 6. The Balaban J connectivity index is 0.00000225. The third-order valence-electron chi connectivity index (χ3n) is 3.54. The molecule has 4 nitrogen and oxygen atoms in total. The van der Waals surface area contributed by atoms with Crippen molar-refractivity contribution < 1.29 is 4.74 Å². The SMILES string of the molecule is Br.COc1ccc(-c2csc(N/N=C(/C)Cc3ccccc3)n2)cc1. The van der Waals surface area contributed by atoms with Gasteiger partial charge < -0.3 is 4.74 Å². The molecule has 0 fully saturated rings. The lowest BCUT2D eigenvalue weighted by Crippen LogP contribution is -2.01. The van der Waals surface area contributed by atoms with Gasteiger partial charge in [0.05, 0.1) is 12.8 Å². The number of nitrogens with zero attached hydrogens (tertiary/aromatic N) is 2. The zero-order chi connectivity index (χ0) is 16.8. The van der Waals surface area contributed by atoms with Gasteiger partial charge in [0, 0.05) is 23.1 Å². The number of aromatic nitrogens is 1. The molecule has 130 valence electrons. The number of anilines is 1. The maximum absolute atomic E-state index is 5.18. The Morgan fingerprint density at radius 3 is 2.52 bits per heavy atom. The van der Waals surface area contributed by atoms with E-state index in [1.54, 1.807) is 18.4 Å². The van der Waals surface area contributed by atoms with Gasteiger partial charge in [-0.15, -0.1) is 28.3 Å². The number of hydrogen-bond donors (Lipinski definition) is 1. The fraction of sp³-hybridized carbons (Fsp3) is 0.158. The van der Waals surface area contributed by atoms with Crippen LogP contribution in [0, 0.1) is 0 Å². The Hall–Kier alpha value is -2.18. The van der Waals surface area contributed by atoms with Crippen molar-refractivity contribution in [2.75, 3.05) is 12.5 Å². The first-order valence-corrected chi connectivity index (χ1v) is 8.55. The molecule has 0 amide bonds. The van der Waals surface area contributed by atoms with E-state index in [0.29, 0.717) is 0 Å². The lowest BCUT2D eigenvalue weighted by Gasteiger charge is -2.02. The van der Waals surface area contributed by atoms with Crippen LogP contribution in [0.4, 0.5) is 5.13 Å². The molecule has 0 aliphatic carbocycles. The van der Waals surface area contributed by atoms with Crippen LogP contribution in [0.2, 0.25) is 0 Å². The highest BCUT2D eigenvalue weighted by Crippen LogP contribution is 2.26. The van der Waals surface area contributed by atoms with Crippen LogP contribution in [0.1, 0.15) is 12.5 Å². The number of hydrazone groups is 1. The number of benzene rings is 2.